The predicted octanol–water partition coefficient (Wildman–Crippen LogP) is 5.63. The Bertz CT molecular complexity index is 1180. The summed E-state index contributed by atoms with van der Waals surface area (Å²) in [5.74, 6) is -0.0896. The Hall–Kier alpha value is -3.22. The predicted molar refractivity (Wildman–Crippen MR) is 135 cm³/mol. The maximum Gasteiger partial charge on any atom is 0.243 e. The van der Waals surface area contributed by atoms with Gasteiger partial charge in [0.15, 0.2) is 0 Å². The van der Waals surface area contributed by atoms with Gasteiger partial charge in [-0.1, -0.05) is 54.4 Å². The minimum absolute atomic E-state index is 0.0536. The summed E-state index contributed by atoms with van der Waals surface area (Å²) < 4.78 is 5.82. The van der Waals surface area contributed by atoms with Crippen LogP contribution in [0.4, 0.5) is 11.4 Å². The van der Waals surface area contributed by atoms with E-state index < -0.39 is 5.92 Å². The number of halogens is 2. The molecule has 0 saturated carbocycles. The molecule has 0 bridgehead atoms. The first-order valence-corrected chi connectivity index (χ1v) is 11.8. The number of nitrogens with zero attached hydrogens (tertiary/aromatic N) is 1. The number of hydrogen-bond donors (Lipinski definition) is 2. The number of benzene rings is 3. The van der Waals surface area contributed by atoms with E-state index in [1.54, 1.807) is 23.1 Å². The van der Waals surface area contributed by atoms with E-state index in [0.717, 1.165) is 17.7 Å². The summed E-state index contributed by atoms with van der Waals surface area (Å²) in [5.41, 5.74) is 9.20. The summed E-state index contributed by atoms with van der Waals surface area (Å²) in [6.07, 6.45) is 1.11. The lowest BCUT2D eigenvalue weighted by molar-refractivity contribution is -0.125. The highest BCUT2D eigenvalue weighted by atomic mass is 35.5. The van der Waals surface area contributed by atoms with Crippen molar-refractivity contribution < 1.29 is 14.3 Å². The van der Waals surface area contributed by atoms with Crippen molar-refractivity contribution >= 4 is 46.4 Å². The number of carbonyl (C=O) groups excluding carboxylic acids is 2. The van der Waals surface area contributed by atoms with Gasteiger partial charge in [0.25, 0.3) is 0 Å². The molecule has 0 aliphatic carbocycles. The number of amides is 2. The molecule has 0 aromatic heterocycles. The second-order valence-corrected chi connectivity index (χ2v) is 8.92. The molecule has 8 heteroatoms. The van der Waals surface area contributed by atoms with Crippen LogP contribution in [-0.4, -0.2) is 18.4 Å². The number of ether oxygens (including phenoxy) is 1. The number of hydrogen-bond acceptors (Lipinski definition) is 4. The zero-order valence-corrected chi connectivity index (χ0v) is 20.2. The molecule has 1 saturated heterocycles. The molecule has 0 unspecified atom stereocenters. The van der Waals surface area contributed by atoms with E-state index >= 15 is 0 Å². The molecule has 6 nitrogen and oxygen atoms in total. The Morgan fingerprint density at radius 3 is 2.53 bits per heavy atom. The molecule has 1 heterocycles. The van der Waals surface area contributed by atoms with Crippen LogP contribution in [0.25, 0.3) is 0 Å². The van der Waals surface area contributed by atoms with Gasteiger partial charge in [0.05, 0.1) is 21.7 Å². The van der Waals surface area contributed by atoms with Gasteiger partial charge in [-0.2, -0.15) is 0 Å². The molecule has 4 rings (SSSR count). The van der Waals surface area contributed by atoms with E-state index in [1.165, 1.54) is 5.56 Å². The van der Waals surface area contributed by atoms with E-state index in [0.29, 0.717) is 34.6 Å². The fourth-order valence-corrected chi connectivity index (χ4v) is 4.06. The zero-order valence-electron chi connectivity index (χ0n) is 18.7. The molecule has 2 amide bonds. The minimum atomic E-state index is -0.431. The molecule has 0 spiro atoms. The van der Waals surface area contributed by atoms with Gasteiger partial charge in [0.2, 0.25) is 11.8 Å². The highest BCUT2D eigenvalue weighted by molar-refractivity contribution is 6.42. The third-order valence-electron chi connectivity index (χ3n) is 5.71. The first-order chi connectivity index (χ1) is 16.4. The van der Waals surface area contributed by atoms with Crippen molar-refractivity contribution in [1.82, 2.24) is 5.43 Å². The maximum absolute atomic E-state index is 12.7. The third-order valence-corrected chi connectivity index (χ3v) is 6.44. The van der Waals surface area contributed by atoms with Crippen LogP contribution in [-0.2, 0) is 22.6 Å². The molecule has 1 atom stereocenters. The van der Waals surface area contributed by atoms with E-state index in [2.05, 4.69) is 17.8 Å². The first-order valence-electron chi connectivity index (χ1n) is 11.0. The number of nitrogens with one attached hydrogen (secondary N) is 2. The van der Waals surface area contributed by atoms with Crippen LogP contribution in [0.5, 0.6) is 5.75 Å². The second-order valence-electron chi connectivity index (χ2n) is 8.10. The quantitative estimate of drug-likeness (QED) is 0.395. The van der Waals surface area contributed by atoms with Gasteiger partial charge < -0.3 is 9.64 Å². The topological polar surface area (TPSA) is 70.7 Å². The Labute approximate surface area is 208 Å². The fraction of sp³-hybridized carbons (Fsp3) is 0.231. The van der Waals surface area contributed by atoms with Gasteiger partial charge in [-0.05, 0) is 53.9 Å². The van der Waals surface area contributed by atoms with Crippen LogP contribution < -0.4 is 20.5 Å². The van der Waals surface area contributed by atoms with Gasteiger partial charge in [-0.25, -0.2) is 0 Å². The molecule has 3 aromatic carbocycles. The van der Waals surface area contributed by atoms with Crippen molar-refractivity contribution in [3.8, 4) is 5.75 Å². The van der Waals surface area contributed by atoms with Gasteiger partial charge in [-0.15, -0.1) is 0 Å². The number of hydrazine groups is 1. The zero-order chi connectivity index (χ0) is 24.1. The van der Waals surface area contributed by atoms with Crippen molar-refractivity contribution in [3.63, 3.8) is 0 Å². The maximum atomic E-state index is 12.7. The highest BCUT2D eigenvalue weighted by Gasteiger charge is 2.35. The lowest BCUT2D eigenvalue weighted by Gasteiger charge is -2.17. The van der Waals surface area contributed by atoms with Crippen molar-refractivity contribution in [2.75, 3.05) is 16.9 Å². The van der Waals surface area contributed by atoms with Gasteiger partial charge in [0.1, 0.15) is 12.4 Å². The normalized spacial score (nSPS) is 15.3. The van der Waals surface area contributed by atoms with Crippen LogP contribution in [0.15, 0.2) is 66.7 Å². The molecular formula is C26H25Cl2N3O3. The Balaban J connectivity index is 1.30. The minimum Gasteiger partial charge on any atom is -0.489 e. The summed E-state index contributed by atoms with van der Waals surface area (Å²) in [5, 5.41) is 0.969. The average Bonchev–Trinajstić information content (AvgIpc) is 3.25. The fourth-order valence-electron chi connectivity index (χ4n) is 3.74. The van der Waals surface area contributed by atoms with Crippen LogP contribution in [0.3, 0.4) is 0 Å². The van der Waals surface area contributed by atoms with Gasteiger partial charge in [-0.3, -0.25) is 20.4 Å². The van der Waals surface area contributed by atoms with Crippen LogP contribution in [0.2, 0.25) is 10.0 Å². The lowest BCUT2D eigenvalue weighted by atomic mass is 10.1. The van der Waals surface area contributed by atoms with Gasteiger partial charge >= 0.3 is 0 Å². The van der Waals surface area contributed by atoms with Crippen molar-refractivity contribution in [2.24, 2.45) is 5.92 Å². The number of carbonyl (C=O) groups is 2. The van der Waals surface area contributed by atoms with Crippen LogP contribution >= 0.6 is 23.2 Å². The molecule has 0 radical (unpaired) electrons. The smallest absolute Gasteiger partial charge is 0.243 e. The van der Waals surface area contributed by atoms with Crippen molar-refractivity contribution in [1.29, 1.82) is 0 Å². The van der Waals surface area contributed by atoms with Gasteiger partial charge in [0, 0.05) is 24.7 Å². The standard InChI is InChI=1S/C26H25Cl2N3O3/c1-2-17-6-9-21(10-7-17)31-15-19(13-25(31)32)26(33)30-29-20-4-3-5-22(14-20)34-16-18-8-11-23(27)24(28)12-18/h3-12,14,19,29H,2,13,15-16H2,1H3,(H,30,33)/t19-/m1/s1. The number of rotatable bonds is 8. The molecule has 3 aromatic rings. The SMILES string of the molecule is CCc1ccc(N2C[C@H](C(=O)NNc3cccc(OCc4ccc(Cl)c(Cl)c4)c3)CC2=O)cc1. The molecule has 1 aliphatic rings. The molecule has 2 N–H and O–H groups in total. The largest absolute Gasteiger partial charge is 0.489 e. The molecule has 1 aliphatic heterocycles. The van der Waals surface area contributed by atoms with E-state index in [4.69, 9.17) is 27.9 Å². The summed E-state index contributed by atoms with van der Waals surface area (Å²) in [6, 6.07) is 20.4. The Morgan fingerprint density at radius 1 is 1.03 bits per heavy atom. The summed E-state index contributed by atoms with van der Waals surface area (Å²) in [7, 11) is 0. The number of aryl methyl sites for hydroxylation is 1. The summed E-state index contributed by atoms with van der Waals surface area (Å²) in [4.78, 5) is 26.8. The van der Waals surface area contributed by atoms with Crippen molar-refractivity contribution in [2.45, 2.75) is 26.4 Å². The summed E-state index contributed by atoms with van der Waals surface area (Å²) >= 11 is 12.0. The lowest BCUT2D eigenvalue weighted by Crippen LogP contribution is -2.36. The van der Waals surface area contributed by atoms with E-state index in [-0.39, 0.29) is 18.2 Å². The van der Waals surface area contributed by atoms with E-state index in [9.17, 15) is 9.59 Å². The monoisotopic (exact) mass is 497 g/mol. The molecular weight excluding hydrogens is 473 g/mol. The highest BCUT2D eigenvalue weighted by Crippen LogP contribution is 2.26. The van der Waals surface area contributed by atoms with E-state index in [1.807, 2.05) is 48.5 Å². The summed E-state index contributed by atoms with van der Waals surface area (Å²) in [6.45, 7) is 2.76. The number of anilines is 2. The average molecular weight is 498 g/mol. The molecule has 176 valence electrons. The van der Waals surface area contributed by atoms with Crippen LogP contribution in [0.1, 0.15) is 24.5 Å². The van der Waals surface area contributed by atoms with Crippen molar-refractivity contribution in [3.05, 3.63) is 87.9 Å². The molecule has 34 heavy (non-hydrogen) atoms. The Morgan fingerprint density at radius 2 is 1.79 bits per heavy atom. The first kappa shape index (κ1) is 23.9. The van der Waals surface area contributed by atoms with Crippen LogP contribution in [0, 0.1) is 5.92 Å². The Kier molecular flexibility index (Phi) is 7.60. The molecule has 1 fully saturated rings. The second kappa shape index (κ2) is 10.8. The third kappa shape index (κ3) is 5.82.